The van der Waals surface area contributed by atoms with Crippen LogP contribution in [0.1, 0.15) is 24.1 Å². The van der Waals surface area contributed by atoms with Gasteiger partial charge in [0.25, 0.3) is 0 Å². The standard InChI is InChI=1S/C22H25ClN4O/c1-17(22(28)25-16-19-9-5-6-10-20(19)23)26-11-13-27(14-12-26)21(15-24)18-7-3-2-4-8-18/h2-10,17,21H,11-14,16H2,1H3,(H,25,28). The highest BCUT2D eigenvalue weighted by Gasteiger charge is 2.29. The average Bonchev–Trinajstić information content (AvgIpc) is 2.74. The van der Waals surface area contributed by atoms with E-state index in [-0.39, 0.29) is 18.0 Å². The Labute approximate surface area is 171 Å². The van der Waals surface area contributed by atoms with Crippen LogP contribution >= 0.6 is 11.6 Å². The van der Waals surface area contributed by atoms with Crippen LogP contribution in [-0.4, -0.2) is 47.9 Å². The van der Waals surface area contributed by atoms with E-state index in [0.29, 0.717) is 11.6 Å². The highest BCUT2D eigenvalue weighted by Crippen LogP contribution is 2.22. The van der Waals surface area contributed by atoms with Crippen LogP contribution < -0.4 is 5.32 Å². The predicted molar refractivity (Wildman–Crippen MR) is 111 cm³/mol. The molecule has 0 aromatic heterocycles. The third-order valence-corrected chi connectivity index (χ3v) is 5.66. The number of benzene rings is 2. The zero-order chi connectivity index (χ0) is 19.9. The van der Waals surface area contributed by atoms with Crippen molar-refractivity contribution in [2.24, 2.45) is 0 Å². The van der Waals surface area contributed by atoms with Gasteiger partial charge in [0.2, 0.25) is 5.91 Å². The molecule has 1 fully saturated rings. The second-order valence-corrected chi connectivity index (χ2v) is 7.41. The van der Waals surface area contributed by atoms with Gasteiger partial charge in [-0.1, -0.05) is 60.1 Å². The molecular weight excluding hydrogens is 372 g/mol. The van der Waals surface area contributed by atoms with Gasteiger partial charge in [0.1, 0.15) is 6.04 Å². The number of rotatable bonds is 6. The molecule has 1 saturated heterocycles. The number of halogens is 1. The first kappa shape index (κ1) is 20.3. The number of carbonyl (C=O) groups is 1. The summed E-state index contributed by atoms with van der Waals surface area (Å²) < 4.78 is 0. The number of hydrogen-bond donors (Lipinski definition) is 1. The quantitative estimate of drug-likeness (QED) is 0.814. The Balaban J connectivity index is 1.52. The van der Waals surface area contributed by atoms with Crippen LogP contribution in [-0.2, 0) is 11.3 Å². The molecule has 0 aliphatic carbocycles. The Morgan fingerprint density at radius 1 is 1.07 bits per heavy atom. The maximum absolute atomic E-state index is 12.6. The SMILES string of the molecule is CC(C(=O)NCc1ccccc1Cl)N1CCN(C(C#N)c2ccccc2)CC1. The molecule has 1 aliphatic rings. The zero-order valence-electron chi connectivity index (χ0n) is 16.0. The Bertz CT molecular complexity index is 828. The number of amides is 1. The Hall–Kier alpha value is -2.39. The van der Waals surface area contributed by atoms with Crippen molar-refractivity contribution in [3.8, 4) is 6.07 Å². The lowest BCUT2D eigenvalue weighted by molar-refractivity contribution is -0.126. The molecule has 5 nitrogen and oxygen atoms in total. The van der Waals surface area contributed by atoms with Crippen LogP contribution in [0.4, 0.5) is 0 Å². The number of carbonyl (C=O) groups excluding carboxylic acids is 1. The fraction of sp³-hybridized carbons (Fsp3) is 0.364. The van der Waals surface area contributed by atoms with E-state index in [1.54, 1.807) is 0 Å². The van der Waals surface area contributed by atoms with Crippen LogP contribution in [0.3, 0.4) is 0 Å². The van der Waals surface area contributed by atoms with Crippen molar-refractivity contribution in [1.82, 2.24) is 15.1 Å². The van der Waals surface area contributed by atoms with Gasteiger partial charge in [-0.25, -0.2) is 0 Å². The van der Waals surface area contributed by atoms with Gasteiger partial charge < -0.3 is 5.32 Å². The van der Waals surface area contributed by atoms with Crippen LogP contribution in [0, 0.1) is 11.3 Å². The molecule has 0 saturated carbocycles. The molecule has 1 heterocycles. The summed E-state index contributed by atoms with van der Waals surface area (Å²) in [6.07, 6.45) is 0. The van der Waals surface area contributed by atoms with E-state index in [1.807, 2.05) is 61.5 Å². The minimum atomic E-state index is -0.243. The third-order valence-electron chi connectivity index (χ3n) is 5.29. The van der Waals surface area contributed by atoms with E-state index in [1.165, 1.54) is 0 Å². The van der Waals surface area contributed by atoms with Crippen molar-refractivity contribution < 1.29 is 4.79 Å². The van der Waals surface area contributed by atoms with Gasteiger partial charge in [0.15, 0.2) is 0 Å². The largest absolute Gasteiger partial charge is 0.351 e. The summed E-state index contributed by atoms with van der Waals surface area (Å²) in [6.45, 7) is 5.38. The maximum atomic E-state index is 12.6. The number of nitrogens with zero attached hydrogens (tertiary/aromatic N) is 3. The van der Waals surface area contributed by atoms with E-state index in [0.717, 1.165) is 37.3 Å². The monoisotopic (exact) mass is 396 g/mol. The Morgan fingerprint density at radius 2 is 1.68 bits per heavy atom. The van der Waals surface area contributed by atoms with Crippen molar-refractivity contribution in [2.75, 3.05) is 26.2 Å². The second-order valence-electron chi connectivity index (χ2n) is 7.00. The molecular formula is C22H25ClN4O. The molecule has 1 N–H and O–H groups in total. The van der Waals surface area contributed by atoms with Crippen LogP contribution in [0.15, 0.2) is 54.6 Å². The molecule has 0 spiro atoms. The number of hydrogen-bond acceptors (Lipinski definition) is 4. The number of nitriles is 1. The Morgan fingerprint density at radius 3 is 2.32 bits per heavy atom. The molecule has 1 amide bonds. The van der Waals surface area contributed by atoms with Gasteiger partial charge in [-0.05, 0) is 24.1 Å². The minimum absolute atomic E-state index is 0.00624. The lowest BCUT2D eigenvalue weighted by Crippen LogP contribution is -2.54. The second kappa shape index (κ2) is 9.70. The van der Waals surface area contributed by atoms with Crippen LogP contribution in [0.5, 0.6) is 0 Å². The van der Waals surface area contributed by atoms with Gasteiger partial charge >= 0.3 is 0 Å². The summed E-state index contributed by atoms with van der Waals surface area (Å²) in [5.41, 5.74) is 1.93. The summed E-state index contributed by atoms with van der Waals surface area (Å²) in [5.74, 6) is -0.00624. The summed E-state index contributed by atoms with van der Waals surface area (Å²) in [7, 11) is 0. The molecule has 2 atom stereocenters. The molecule has 0 radical (unpaired) electrons. The molecule has 6 heteroatoms. The smallest absolute Gasteiger partial charge is 0.237 e. The Kier molecular flexibility index (Phi) is 7.05. The van der Waals surface area contributed by atoms with Gasteiger partial charge in [-0.15, -0.1) is 0 Å². The average molecular weight is 397 g/mol. The summed E-state index contributed by atoms with van der Waals surface area (Å²) in [4.78, 5) is 16.9. The van der Waals surface area contributed by atoms with Crippen molar-refractivity contribution >= 4 is 17.5 Å². The van der Waals surface area contributed by atoms with E-state index in [4.69, 9.17) is 11.6 Å². The fourth-order valence-corrected chi connectivity index (χ4v) is 3.73. The van der Waals surface area contributed by atoms with Gasteiger partial charge in [-0.3, -0.25) is 14.6 Å². The van der Waals surface area contributed by atoms with Crippen molar-refractivity contribution in [3.05, 3.63) is 70.7 Å². The van der Waals surface area contributed by atoms with E-state index < -0.39 is 0 Å². The van der Waals surface area contributed by atoms with Gasteiger partial charge in [0, 0.05) is 37.7 Å². The lowest BCUT2D eigenvalue weighted by atomic mass is 10.1. The summed E-state index contributed by atoms with van der Waals surface area (Å²) in [5, 5.41) is 13.3. The molecule has 2 unspecified atom stereocenters. The number of nitrogens with one attached hydrogen (secondary N) is 1. The van der Waals surface area contributed by atoms with Crippen molar-refractivity contribution in [1.29, 1.82) is 5.26 Å². The highest BCUT2D eigenvalue weighted by atomic mass is 35.5. The first-order chi connectivity index (χ1) is 13.6. The van der Waals surface area contributed by atoms with E-state index in [2.05, 4.69) is 21.2 Å². The van der Waals surface area contributed by atoms with Crippen molar-refractivity contribution in [3.63, 3.8) is 0 Å². The first-order valence-electron chi connectivity index (χ1n) is 9.54. The predicted octanol–water partition coefficient (Wildman–Crippen LogP) is 3.23. The van der Waals surface area contributed by atoms with E-state index >= 15 is 0 Å². The minimum Gasteiger partial charge on any atom is -0.351 e. The molecule has 0 bridgehead atoms. The van der Waals surface area contributed by atoms with Gasteiger partial charge in [0.05, 0.1) is 12.1 Å². The van der Waals surface area contributed by atoms with Crippen LogP contribution in [0.2, 0.25) is 5.02 Å². The topological polar surface area (TPSA) is 59.4 Å². The molecule has 28 heavy (non-hydrogen) atoms. The molecule has 3 rings (SSSR count). The van der Waals surface area contributed by atoms with E-state index in [9.17, 15) is 10.1 Å². The summed E-state index contributed by atoms with van der Waals surface area (Å²) in [6, 6.07) is 19.3. The highest BCUT2D eigenvalue weighted by molar-refractivity contribution is 6.31. The van der Waals surface area contributed by atoms with Crippen molar-refractivity contribution in [2.45, 2.75) is 25.6 Å². The number of piperazine rings is 1. The lowest BCUT2D eigenvalue weighted by Gasteiger charge is -2.39. The third kappa shape index (κ3) is 4.90. The van der Waals surface area contributed by atoms with Crippen LogP contribution in [0.25, 0.3) is 0 Å². The summed E-state index contributed by atoms with van der Waals surface area (Å²) >= 11 is 6.15. The normalized spacial score (nSPS) is 17.5. The molecule has 2 aromatic carbocycles. The molecule has 2 aromatic rings. The van der Waals surface area contributed by atoms with Gasteiger partial charge in [-0.2, -0.15) is 5.26 Å². The first-order valence-corrected chi connectivity index (χ1v) is 9.91. The molecule has 146 valence electrons. The molecule has 1 aliphatic heterocycles. The fourth-order valence-electron chi connectivity index (χ4n) is 3.52. The zero-order valence-corrected chi connectivity index (χ0v) is 16.8. The maximum Gasteiger partial charge on any atom is 0.237 e.